The van der Waals surface area contributed by atoms with Crippen molar-refractivity contribution in [3.63, 3.8) is 0 Å². The van der Waals surface area contributed by atoms with Gasteiger partial charge in [-0.25, -0.2) is 4.79 Å². The van der Waals surface area contributed by atoms with Crippen molar-refractivity contribution in [2.45, 2.75) is 11.4 Å². The maximum atomic E-state index is 12.6. The van der Waals surface area contributed by atoms with Gasteiger partial charge in [0, 0.05) is 18.5 Å². The van der Waals surface area contributed by atoms with Gasteiger partial charge in [-0.1, -0.05) is 24.3 Å². The van der Waals surface area contributed by atoms with Crippen LogP contribution in [0.2, 0.25) is 0 Å². The van der Waals surface area contributed by atoms with E-state index in [1.807, 2.05) is 18.2 Å². The molecule has 2 rings (SSSR count). The highest BCUT2D eigenvalue weighted by Gasteiger charge is 2.19. The molecule has 0 N–H and O–H groups in total. The molecule has 0 bridgehead atoms. The molecule has 0 fully saturated rings. The van der Waals surface area contributed by atoms with Crippen LogP contribution in [0, 0.1) is 0 Å². The van der Waals surface area contributed by atoms with Gasteiger partial charge in [0.15, 0.2) is 0 Å². The molecule has 0 aliphatic carbocycles. The molecule has 2 aromatic carbocycles. The van der Waals surface area contributed by atoms with E-state index in [2.05, 4.69) is 24.3 Å². The van der Waals surface area contributed by atoms with Crippen LogP contribution in [0.1, 0.15) is 15.9 Å². The fraction of sp³-hybridized carbons (Fsp3) is 0.300. The lowest BCUT2D eigenvalue weighted by Gasteiger charge is -2.23. The number of thioether (sulfide) groups is 1. The number of rotatable bonds is 7. The first-order chi connectivity index (χ1) is 12.5. The number of esters is 1. The first-order valence-electron chi connectivity index (χ1n) is 8.21. The molecule has 5 nitrogen and oxygen atoms in total. The van der Waals surface area contributed by atoms with Gasteiger partial charge in [-0.05, 0) is 43.1 Å². The van der Waals surface area contributed by atoms with Crippen LogP contribution >= 0.6 is 11.8 Å². The summed E-state index contributed by atoms with van der Waals surface area (Å²) in [6, 6.07) is 15.2. The Kier molecular flexibility index (Phi) is 7.24. The highest BCUT2D eigenvalue weighted by molar-refractivity contribution is 7.98. The van der Waals surface area contributed by atoms with Gasteiger partial charge in [0.25, 0.3) is 0 Å². The van der Waals surface area contributed by atoms with Gasteiger partial charge in [0.05, 0.1) is 24.9 Å². The maximum absolute atomic E-state index is 12.6. The molecule has 0 saturated carbocycles. The minimum absolute atomic E-state index is 0.0930. The predicted octanol–water partition coefficient (Wildman–Crippen LogP) is 3.29. The number of carbonyl (C=O) groups is 2. The van der Waals surface area contributed by atoms with Crippen molar-refractivity contribution < 1.29 is 14.3 Å². The Morgan fingerprint density at radius 3 is 2.31 bits per heavy atom. The average Bonchev–Trinajstić information content (AvgIpc) is 2.67. The predicted molar refractivity (Wildman–Crippen MR) is 106 cm³/mol. The summed E-state index contributed by atoms with van der Waals surface area (Å²) in [5.41, 5.74) is 2.07. The van der Waals surface area contributed by atoms with Crippen LogP contribution in [-0.2, 0) is 16.1 Å². The van der Waals surface area contributed by atoms with E-state index < -0.39 is 5.97 Å². The number of ether oxygens (including phenoxy) is 1. The van der Waals surface area contributed by atoms with Crippen LogP contribution in [0.4, 0.5) is 5.69 Å². The van der Waals surface area contributed by atoms with E-state index in [4.69, 9.17) is 4.74 Å². The van der Waals surface area contributed by atoms with E-state index in [0.29, 0.717) is 17.8 Å². The molecule has 1 amide bonds. The lowest BCUT2D eigenvalue weighted by atomic mass is 10.1. The van der Waals surface area contributed by atoms with Gasteiger partial charge in [0.1, 0.15) is 0 Å². The van der Waals surface area contributed by atoms with E-state index >= 15 is 0 Å². The molecule has 0 unspecified atom stereocenters. The third kappa shape index (κ3) is 5.09. The first-order valence-corrected chi connectivity index (χ1v) is 9.44. The van der Waals surface area contributed by atoms with E-state index in [0.717, 1.165) is 5.56 Å². The summed E-state index contributed by atoms with van der Waals surface area (Å²) in [6.07, 6.45) is 2.04. The zero-order valence-electron chi connectivity index (χ0n) is 15.6. The SMILES string of the molecule is COC(=O)c1ccccc1N(C)C(=O)CN(C)Cc1ccc(SC)cc1. The molecule has 2 aromatic rings. The number of likely N-dealkylation sites (N-methyl/N-ethyl adjacent to an activating group) is 2. The summed E-state index contributed by atoms with van der Waals surface area (Å²) in [6.45, 7) is 0.920. The summed E-state index contributed by atoms with van der Waals surface area (Å²) in [5, 5.41) is 0. The van der Waals surface area contributed by atoms with Gasteiger partial charge < -0.3 is 9.64 Å². The van der Waals surface area contributed by atoms with Crippen molar-refractivity contribution in [2.75, 3.05) is 38.9 Å². The van der Waals surface area contributed by atoms with Crippen LogP contribution in [0.3, 0.4) is 0 Å². The second kappa shape index (κ2) is 9.40. The number of benzene rings is 2. The number of methoxy groups -OCH3 is 1. The third-order valence-corrected chi connectivity index (χ3v) is 4.81. The van der Waals surface area contributed by atoms with E-state index in [9.17, 15) is 9.59 Å². The van der Waals surface area contributed by atoms with Crippen molar-refractivity contribution >= 4 is 29.3 Å². The lowest BCUT2D eigenvalue weighted by molar-refractivity contribution is -0.119. The maximum Gasteiger partial charge on any atom is 0.339 e. The molecule has 0 aliphatic rings. The monoisotopic (exact) mass is 372 g/mol. The zero-order valence-corrected chi connectivity index (χ0v) is 16.4. The van der Waals surface area contributed by atoms with Crippen LogP contribution in [0.15, 0.2) is 53.4 Å². The molecule has 138 valence electrons. The van der Waals surface area contributed by atoms with E-state index in [1.165, 1.54) is 16.9 Å². The van der Waals surface area contributed by atoms with Crippen molar-refractivity contribution in [3.8, 4) is 0 Å². The first kappa shape index (κ1) is 20.0. The second-order valence-corrected chi connectivity index (χ2v) is 6.86. The van der Waals surface area contributed by atoms with Gasteiger partial charge >= 0.3 is 5.97 Å². The quantitative estimate of drug-likeness (QED) is 0.551. The van der Waals surface area contributed by atoms with Crippen molar-refractivity contribution in [1.29, 1.82) is 0 Å². The average molecular weight is 372 g/mol. The normalized spacial score (nSPS) is 10.7. The summed E-state index contributed by atoms with van der Waals surface area (Å²) in [7, 11) is 4.91. The fourth-order valence-electron chi connectivity index (χ4n) is 2.62. The Morgan fingerprint density at radius 2 is 1.69 bits per heavy atom. The van der Waals surface area contributed by atoms with Crippen LogP contribution < -0.4 is 4.90 Å². The Labute approximate surface area is 158 Å². The largest absolute Gasteiger partial charge is 0.465 e. The Hall–Kier alpha value is -2.31. The number of carbonyl (C=O) groups excluding carboxylic acids is 2. The molecule has 0 atom stereocenters. The van der Waals surface area contributed by atoms with Crippen molar-refractivity contribution in [2.24, 2.45) is 0 Å². The van der Waals surface area contributed by atoms with Crippen LogP contribution in [0.5, 0.6) is 0 Å². The number of anilines is 1. The molecule has 26 heavy (non-hydrogen) atoms. The summed E-state index contributed by atoms with van der Waals surface area (Å²) in [4.78, 5) is 29.2. The van der Waals surface area contributed by atoms with Crippen LogP contribution in [-0.4, -0.2) is 50.8 Å². The highest BCUT2D eigenvalue weighted by Crippen LogP contribution is 2.20. The van der Waals surface area contributed by atoms with Crippen LogP contribution in [0.25, 0.3) is 0 Å². The lowest BCUT2D eigenvalue weighted by Crippen LogP contribution is -2.37. The van der Waals surface area contributed by atoms with Crippen molar-refractivity contribution in [3.05, 3.63) is 59.7 Å². The summed E-state index contributed by atoms with van der Waals surface area (Å²) >= 11 is 1.70. The molecule has 0 spiro atoms. The summed E-state index contributed by atoms with van der Waals surface area (Å²) < 4.78 is 4.80. The van der Waals surface area contributed by atoms with Gasteiger partial charge in [-0.15, -0.1) is 11.8 Å². The smallest absolute Gasteiger partial charge is 0.339 e. The number of para-hydroxylation sites is 1. The van der Waals surface area contributed by atoms with E-state index in [1.54, 1.807) is 43.1 Å². The molecule has 6 heteroatoms. The van der Waals surface area contributed by atoms with Gasteiger partial charge in [-0.2, -0.15) is 0 Å². The fourth-order valence-corrected chi connectivity index (χ4v) is 3.03. The Bertz CT molecular complexity index is 762. The van der Waals surface area contributed by atoms with Crippen molar-refractivity contribution in [1.82, 2.24) is 4.90 Å². The number of amides is 1. The molecular weight excluding hydrogens is 348 g/mol. The molecule has 0 heterocycles. The van der Waals surface area contributed by atoms with Gasteiger partial charge in [-0.3, -0.25) is 9.69 Å². The highest BCUT2D eigenvalue weighted by atomic mass is 32.2. The van der Waals surface area contributed by atoms with E-state index in [-0.39, 0.29) is 12.5 Å². The third-order valence-electron chi connectivity index (χ3n) is 4.06. The minimum atomic E-state index is -0.456. The number of hydrogen-bond acceptors (Lipinski definition) is 5. The molecule has 0 aliphatic heterocycles. The number of hydrogen-bond donors (Lipinski definition) is 0. The molecule has 0 saturated heterocycles. The zero-order chi connectivity index (χ0) is 19.1. The summed E-state index contributed by atoms with van der Waals surface area (Å²) in [5.74, 6) is -0.549. The second-order valence-electron chi connectivity index (χ2n) is 5.98. The Morgan fingerprint density at radius 1 is 1.04 bits per heavy atom. The molecule has 0 aromatic heterocycles. The number of nitrogens with zero attached hydrogens (tertiary/aromatic N) is 2. The molecule has 0 radical (unpaired) electrons. The topological polar surface area (TPSA) is 49.9 Å². The molecular formula is C20H24N2O3S. The minimum Gasteiger partial charge on any atom is -0.465 e. The van der Waals surface area contributed by atoms with Gasteiger partial charge in [0.2, 0.25) is 5.91 Å². The standard InChI is InChI=1S/C20H24N2O3S/c1-21(13-15-9-11-16(26-4)12-10-15)14-19(23)22(2)18-8-6-5-7-17(18)20(24)25-3/h5-12H,13-14H2,1-4H3. The Balaban J connectivity index is 2.03.